The molecule has 2 fully saturated rings. The molecule has 2 aromatic rings. The number of ether oxygens (including phenoxy) is 1. The number of aromatic nitrogens is 1. The minimum atomic E-state index is -0.936. The summed E-state index contributed by atoms with van der Waals surface area (Å²) in [4.78, 5) is 43.9. The Labute approximate surface area is 187 Å². The van der Waals surface area contributed by atoms with Crippen molar-refractivity contribution >= 4 is 23.5 Å². The van der Waals surface area contributed by atoms with Gasteiger partial charge in [-0.1, -0.05) is 39.0 Å². The zero-order valence-electron chi connectivity index (χ0n) is 18.6. The van der Waals surface area contributed by atoms with Crippen LogP contribution in [0.4, 0.5) is 10.5 Å². The molecule has 0 bridgehead atoms. The number of hydrogen-bond acceptors (Lipinski definition) is 5. The number of anilines is 1. The van der Waals surface area contributed by atoms with E-state index in [9.17, 15) is 14.4 Å². The molecule has 2 heterocycles. The quantitative estimate of drug-likeness (QED) is 0.691. The number of nitrogens with zero attached hydrogens (tertiary/aromatic N) is 2. The lowest BCUT2D eigenvalue weighted by Crippen LogP contribution is -2.54. The van der Waals surface area contributed by atoms with Gasteiger partial charge in [0.1, 0.15) is 23.5 Å². The summed E-state index contributed by atoms with van der Waals surface area (Å²) in [6.45, 7) is 5.93. The van der Waals surface area contributed by atoms with Crippen LogP contribution < -0.4 is 15.4 Å². The largest absolute Gasteiger partial charge is 0.437 e. The van der Waals surface area contributed by atoms with Crippen molar-refractivity contribution in [1.82, 2.24) is 15.2 Å². The molecular formula is C24H28N4O4. The molecule has 1 spiro atoms. The number of hydrogen-bond donors (Lipinski definition) is 2. The maximum absolute atomic E-state index is 13.2. The van der Waals surface area contributed by atoms with E-state index in [1.54, 1.807) is 30.5 Å². The lowest BCUT2D eigenvalue weighted by atomic mass is 9.64. The molecule has 1 aliphatic heterocycles. The smallest absolute Gasteiger partial charge is 0.325 e. The minimum absolute atomic E-state index is 0.0712. The first kappa shape index (κ1) is 21.8. The maximum atomic E-state index is 13.2. The highest BCUT2D eigenvalue weighted by Crippen LogP contribution is 2.46. The fourth-order valence-corrected chi connectivity index (χ4v) is 5.15. The minimum Gasteiger partial charge on any atom is -0.437 e. The van der Waals surface area contributed by atoms with Crippen molar-refractivity contribution in [3.05, 3.63) is 48.7 Å². The first-order chi connectivity index (χ1) is 15.2. The molecule has 4 rings (SSSR count). The molecule has 2 unspecified atom stereocenters. The molecule has 168 valence electrons. The second-order valence-electron chi connectivity index (χ2n) is 9.58. The van der Waals surface area contributed by atoms with Gasteiger partial charge in [-0.05, 0) is 54.9 Å². The van der Waals surface area contributed by atoms with Crippen LogP contribution in [0.25, 0.3) is 0 Å². The number of imide groups is 1. The van der Waals surface area contributed by atoms with Gasteiger partial charge in [-0.15, -0.1) is 0 Å². The zero-order chi connectivity index (χ0) is 22.9. The number of pyridine rings is 1. The number of nitrogens with one attached hydrogen (secondary N) is 2. The number of benzene rings is 1. The fraction of sp³-hybridized carbons (Fsp3) is 0.417. The van der Waals surface area contributed by atoms with E-state index < -0.39 is 17.5 Å². The number of rotatable bonds is 5. The Morgan fingerprint density at radius 2 is 1.94 bits per heavy atom. The lowest BCUT2D eigenvalue weighted by Gasteiger charge is -2.43. The first-order valence-corrected chi connectivity index (χ1v) is 10.8. The molecule has 2 atom stereocenters. The molecule has 2 N–H and O–H groups in total. The number of carbonyl (C=O) groups excluding carboxylic acids is 3. The molecule has 2 aliphatic rings. The third-order valence-corrected chi connectivity index (χ3v) is 5.93. The molecule has 1 saturated carbocycles. The topological polar surface area (TPSA) is 101 Å². The van der Waals surface area contributed by atoms with E-state index in [4.69, 9.17) is 4.74 Å². The monoisotopic (exact) mass is 436 g/mol. The summed E-state index contributed by atoms with van der Waals surface area (Å²) >= 11 is 0. The lowest BCUT2D eigenvalue weighted by molar-refractivity contribution is -0.136. The van der Waals surface area contributed by atoms with Gasteiger partial charge in [-0.3, -0.25) is 14.5 Å². The predicted octanol–water partition coefficient (Wildman–Crippen LogP) is 3.95. The average molecular weight is 437 g/mol. The number of carbonyl (C=O) groups is 3. The molecule has 32 heavy (non-hydrogen) atoms. The van der Waals surface area contributed by atoms with Crippen LogP contribution in [0, 0.1) is 11.3 Å². The zero-order valence-corrected chi connectivity index (χ0v) is 18.6. The second-order valence-corrected chi connectivity index (χ2v) is 9.58. The summed E-state index contributed by atoms with van der Waals surface area (Å²) in [6.07, 6.45) is 3.69. The molecule has 1 saturated heterocycles. The summed E-state index contributed by atoms with van der Waals surface area (Å²) in [5.41, 5.74) is -0.650. The van der Waals surface area contributed by atoms with Crippen LogP contribution >= 0.6 is 0 Å². The summed E-state index contributed by atoms with van der Waals surface area (Å²) in [6, 6.07) is 11.9. The van der Waals surface area contributed by atoms with Crippen LogP contribution in [0.2, 0.25) is 0 Å². The summed E-state index contributed by atoms with van der Waals surface area (Å²) < 4.78 is 5.76. The van der Waals surface area contributed by atoms with Crippen LogP contribution in [0.5, 0.6) is 11.6 Å². The van der Waals surface area contributed by atoms with Gasteiger partial charge >= 0.3 is 6.03 Å². The average Bonchev–Trinajstić information content (AvgIpc) is 2.92. The molecule has 8 nitrogen and oxygen atoms in total. The fourth-order valence-electron chi connectivity index (χ4n) is 5.15. The number of urea groups is 1. The molecule has 1 aliphatic carbocycles. The predicted molar refractivity (Wildman–Crippen MR) is 119 cm³/mol. The maximum Gasteiger partial charge on any atom is 0.325 e. The van der Waals surface area contributed by atoms with Crippen molar-refractivity contribution in [2.45, 2.75) is 45.6 Å². The molecule has 0 radical (unpaired) electrons. The standard InChI is InChI=1S/C24H28N4O4/c1-16-12-23(2,3)15-24(13-16)21(30)28(22(31)27-24)14-19(29)26-18-10-7-11-25-20(18)32-17-8-5-4-6-9-17/h4-11,16H,12-15H2,1-3H3,(H,26,29)(H,27,31). The van der Waals surface area contributed by atoms with Crippen molar-refractivity contribution in [3.8, 4) is 11.6 Å². The Kier molecular flexibility index (Phi) is 5.62. The summed E-state index contributed by atoms with van der Waals surface area (Å²) in [5, 5.41) is 5.60. The highest BCUT2D eigenvalue weighted by molar-refractivity contribution is 6.10. The molecule has 1 aromatic carbocycles. The Morgan fingerprint density at radius 1 is 1.19 bits per heavy atom. The van der Waals surface area contributed by atoms with Crippen LogP contribution in [0.15, 0.2) is 48.7 Å². The van der Waals surface area contributed by atoms with Gasteiger partial charge in [0, 0.05) is 6.20 Å². The van der Waals surface area contributed by atoms with E-state index in [2.05, 4.69) is 36.4 Å². The second kappa shape index (κ2) is 8.26. The first-order valence-electron chi connectivity index (χ1n) is 10.8. The number of amides is 4. The Hall–Kier alpha value is -3.42. The van der Waals surface area contributed by atoms with E-state index in [0.717, 1.165) is 11.3 Å². The van der Waals surface area contributed by atoms with Gasteiger partial charge in [0.25, 0.3) is 5.91 Å². The van der Waals surface area contributed by atoms with Crippen LogP contribution in [-0.4, -0.2) is 39.8 Å². The summed E-state index contributed by atoms with van der Waals surface area (Å²) in [7, 11) is 0. The van der Waals surface area contributed by atoms with Gasteiger partial charge in [-0.25, -0.2) is 9.78 Å². The number of para-hydroxylation sites is 1. The highest BCUT2D eigenvalue weighted by Gasteiger charge is 2.56. The van der Waals surface area contributed by atoms with E-state index in [1.165, 1.54) is 0 Å². The summed E-state index contributed by atoms with van der Waals surface area (Å²) in [5.74, 6) is 0.268. The van der Waals surface area contributed by atoms with Gasteiger partial charge in [0.2, 0.25) is 11.8 Å². The van der Waals surface area contributed by atoms with Crippen LogP contribution in [0.1, 0.15) is 40.0 Å². The van der Waals surface area contributed by atoms with Crippen molar-refractivity contribution in [1.29, 1.82) is 0 Å². The van der Waals surface area contributed by atoms with Crippen molar-refractivity contribution in [2.75, 3.05) is 11.9 Å². The third-order valence-electron chi connectivity index (χ3n) is 5.93. The molecule has 1 aromatic heterocycles. The Morgan fingerprint density at radius 3 is 2.66 bits per heavy atom. The van der Waals surface area contributed by atoms with Gasteiger partial charge in [0.05, 0.1) is 0 Å². The van der Waals surface area contributed by atoms with Gasteiger partial charge in [0.15, 0.2) is 0 Å². The molecule has 8 heteroatoms. The Balaban J connectivity index is 1.46. The van der Waals surface area contributed by atoms with Crippen LogP contribution in [0.3, 0.4) is 0 Å². The van der Waals surface area contributed by atoms with Gasteiger partial charge in [-0.2, -0.15) is 0 Å². The van der Waals surface area contributed by atoms with Gasteiger partial charge < -0.3 is 15.4 Å². The van der Waals surface area contributed by atoms with Crippen molar-refractivity contribution in [3.63, 3.8) is 0 Å². The van der Waals surface area contributed by atoms with Crippen molar-refractivity contribution < 1.29 is 19.1 Å². The van der Waals surface area contributed by atoms with E-state index in [0.29, 0.717) is 30.2 Å². The van der Waals surface area contributed by atoms with E-state index >= 15 is 0 Å². The molecular weight excluding hydrogens is 408 g/mol. The van der Waals surface area contributed by atoms with E-state index in [1.807, 2.05) is 18.2 Å². The van der Waals surface area contributed by atoms with Crippen LogP contribution in [-0.2, 0) is 9.59 Å². The van der Waals surface area contributed by atoms with Crippen molar-refractivity contribution in [2.24, 2.45) is 11.3 Å². The Bertz CT molecular complexity index is 1040. The normalized spacial score (nSPS) is 24.3. The molecule has 4 amide bonds. The van der Waals surface area contributed by atoms with E-state index in [-0.39, 0.29) is 23.7 Å². The third kappa shape index (κ3) is 4.44. The SMILES string of the molecule is CC1CC(C)(C)CC2(C1)NC(=O)N(CC(=O)Nc1cccnc1Oc1ccccc1)C2=O. The highest BCUT2D eigenvalue weighted by atomic mass is 16.5.